The van der Waals surface area contributed by atoms with E-state index in [0.29, 0.717) is 44.2 Å². The van der Waals surface area contributed by atoms with Crippen LogP contribution in [0.4, 0.5) is 0 Å². The van der Waals surface area contributed by atoms with Gasteiger partial charge in [0.2, 0.25) is 0 Å². The Labute approximate surface area is 679 Å². The summed E-state index contributed by atoms with van der Waals surface area (Å²) in [5, 5.41) is 3.57. The number of benzene rings is 13. The zero-order valence-corrected chi connectivity index (χ0v) is 64.2. The minimum Gasteiger partial charge on any atom is -0.306 e. The highest BCUT2D eigenvalue weighted by molar-refractivity contribution is 6.32. The number of rotatable bonds is 12. The van der Waals surface area contributed by atoms with Crippen molar-refractivity contribution in [3.63, 3.8) is 0 Å². The van der Waals surface area contributed by atoms with Crippen molar-refractivity contribution in [2.24, 2.45) is 0 Å². The maximum absolute atomic E-state index is 6.02. The summed E-state index contributed by atoms with van der Waals surface area (Å²) in [6.07, 6.45) is 4.00. The van der Waals surface area contributed by atoms with Crippen LogP contribution in [0.2, 0.25) is 25.1 Å². The molecule has 6 aromatic heterocycles. The number of nitrogens with zero attached hydrogens (tertiary/aromatic N) is 11. The first kappa shape index (κ1) is 75.1. The summed E-state index contributed by atoms with van der Waals surface area (Å²) in [4.78, 5) is 42.4. The Morgan fingerprint density at radius 3 is 0.841 bits per heavy atom. The zero-order valence-electron chi connectivity index (χ0n) is 60.4. The Morgan fingerprint density at radius 1 is 0.204 bits per heavy atom. The van der Waals surface area contributed by atoms with Crippen LogP contribution >= 0.6 is 58.0 Å². The molecule has 0 saturated heterocycles. The van der Waals surface area contributed by atoms with Crippen molar-refractivity contribution in [1.29, 1.82) is 0 Å². The lowest BCUT2D eigenvalue weighted by Gasteiger charge is -2.09. The van der Waals surface area contributed by atoms with E-state index in [1.54, 1.807) is 0 Å². The maximum atomic E-state index is 6.02. The summed E-state index contributed by atoms with van der Waals surface area (Å²) in [5.41, 5.74) is 19.8. The van der Waals surface area contributed by atoms with Crippen LogP contribution in [0.5, 0.6) is 0 Å². The zero-order chi connectivity index (χ0) is 77.1. The van der Waals surface area contributed by atoms with Crippen molar-refractivity contribution in [3.05, 3.63) is 426 Å². The fourth-order valence-electron chi connectivity index (χ4n) is 12.3. The van der Waals surface area contributed by atoms with E-state index >= 15 is 0 Å². The molecule has 0 unspecified atom stereocenters. The molecule has 0 amide bonds. The molecule has 0 fully saturated rings. The predicted molar refractivity (Wildman–Crippen MR) is 465 cm³/mol. The molecule has 19 aromatic rings. The van der Waals surface area contributed by atoms with Gasteiger partial charge in [0.05, 0.1) is 39.5 Å². The number of halogens is 5. The Bertz CT molecular complexity index is 5690. The lowest BCUT2D eigenvalue weighted by Crippen LogP contribution is -1.99. The van der Waals surface area contributed by atoms with E-state index in [9.17, 15) is 0 Å². The minimum atomic E-state index is 0.629. The van der Waals surface area contributed by atoms with Gasteiger partial charge < -0.3 is 4.40 Å². The van der Waals surface area contributed by atoms with E-state index in [1.807, 2.05) is 350 Å². The molecule has 0 spiro atoms. The number of fused-ring (bicyclic) bond motifs is 2. The van der Waals surface area contributed by atoms with Crippen LogP contribution in [0, 0.1) is 0 Å². The van der Waals surface area contributed by atoms with E-state index in [-0.39, 0.29) is 0 Å². The molecule has 0 bridgehead atoms. The normalized spacial score (nSPS) is 10.7. The minimum absolute atomic E-state index is 0.629. The van der Waals surface area contributed by atoms with Crippen LogP contribution in [-0.4, -0.2) is 53.8 Å². The van der Waals surface area contributed by atoms with Gasteiger partial charge in [-0.15, -0.1) is 0 Å². The second-order valence-corrected chi connectivity index (χ2v) is 27.8. The van der Waals surface area contributed by atoms with E-state index in [4.69, 9.17) is 82.9 Å². The first-order valence-electron chi connectivity index (χ1n) is 36.2. The molecule has 0 N–H and O–H groups in total. The number of para-hydroxylation sites is 3. The first-order chi connectivity index (χ1) is 55.5. The quantitative estimate of drug-likeness (QED) is 0.118. The van der Waals surface area contributed by atoms with E-state index in [0.717, 1.165) is 128 Å². The predicted octanol–water partition coefficient (Wildman–Crippen LogP) is 26.8. The van der Waals surface area contributed by atoms with Crippen molar-refractivity contribution in [3.8, 4) is 130 Å². The summed E-state index contributed by atoms with van der Waals surface area (Å²) in [6, 6.07) is 127. The fraction of sp³-hybridized carbons (Fsp3) is 0. The van der Waals surface area contributed by atoms with Crippen LogP contribution in [0.15, 0.2) is 401 Å². The van der Waals surface area contributed by atoms with Crippen molar-refractivity contribution < 1.29 is 0 Å². The van der Waals surface area contributed by atoms with Crippen molar-refractivity contribution >= 4 is 74.7 Å². The third-order valence-corrected chi connectivity index (χ3v) is 19.2. The molecule has 0 atom stereocenters. The van der Waals surface area contributed by atoms with E-state index < -0.39 is 0 Å². The van der Waals surface area contributed by atoms with Crippen LogP contribution in [0.1, 0.15) is 0 Å². The largest absolute Gasteiger partial charge is 0.306 e. The smallest absolute Gasteiger partial charge is 0.164 e. The molecule has 0 aliphatic rings. The summed E-state index contributed by atoms with van der Waals surface area (Å²) in [7, 11) is 0. The standard InChI is InChI=1S/2C22H15ClN2.C21H14ClN3.C19H13ClN2.C13H9ClN2/c23-19-13-11-17(12-14-19)21-15-20(16-7-3-1-4-8-16)24-22(25-21)18-9-5-2-6-10-18;23-19-13-11-18(12-14-19)22-24-20(16-7-3-1-4-8-16)15-21(25-22)17-9-5-2-6-10-17;22-18-13-11-17(12-14-18)21-24-19(15-7-3-1-4-8-15)23-20(25-21)16-9-5-2-6-10-16;20-15-12-10-14(11-13-15)19-21-17-8-4-5-9-18(17)22(19)16-6-2-1-3-7-16;14-11-6-4-10(5-7-11)12-9-16-8-2-1-3-13(16)15-12/h2*1-15H;1-14H;1-13H;1-9H. The molecule has 0 radical (unpaired) electrons. The summed E-state index contributed by atoms with van der Waals surface area (Å²) in [6.45, 7) is 0. The molecule has 11 nitrogen and oxygen atoms in total. The van der Waals surface area contributed by atoms with Gasteiger partial charge in [-0.1, -0.05) is 301 Å². The molecule has 0 aliphatic carbocycles. The third-order valence-electron chi connectivity index (χ3n) is 17.9. The highest BCUT2D eigenvalue weighted by Gasteiger charge is 2.17. The van der Waals surface area contributed by atoms with Gasteiger partial charge >= 0.3 is 0 Å². The molecular weight excluding hydrogens is 1500 g/mol. The van der Waals surface area contributed by atoms with Crippen LogP contribution in [0.3, 0.4) is 0 Å². The third kappa shape index (κ3) is 19.3. The van der Waals surface area contributed by atoms with Gasteiger partial charge in [0.25, 0.3) is 0 Å². The van der Waals surface area contributed by atoms with E-state index in [2.05, 4.69) is 79.1 Å². The maximum Gasteiger partial charge on any atom is 0.164 e. The molecule has 544 valence electrons. The Kier molecular flexibility index (Phi) is 24.2. The molecule has 19 rings (SSSR count). The van der Waals surface area contributed by atoms with Gasteiger partial charge in [0.1, 0.15) is 11.5 Å². The highest BCUT2D eigenvalue weighted by Crippen LogP contribution is 2.34. The van der Waals surface area contributed by atoms with Gasteiger partial charge in [-0.25, -0.2) is 44.9 Å². The monoisotopic (exact) mass is 1560 g/mol. The lowest BCUT2D eigenvalue weighted by molar-refractivity contribution is 1.07. The van der Waals surface area contributed by atoms with Crippen molar-refractivity contribution in [2.45, 2.75) is 0 Å². The second kappa shape index (κ2) is 36.4. The number of hydrogen-bond acceptors (Lipinski definition) is 9. The molecule has 6 heterocycles. The summed E-state index contributed by atoms with van der Waals surface area (Å²) < 4.78 is 4.18. The second-order valence-electron chi connectivity index (χ2n) is 25.6. The van der Waals surface area contributed by atoms with E-state index in [1.165, 1.54) is 0 Å². The molecule has 0 saturated carbocycles. The van der Waals surface area contributed by atoms with Gasteiger partial charge in [-0.3, -0.25) is 4.57 Å². The number of hydrogen-bond donors (Lipinski definition) is 0. The Balaban J connectivity index is 0.000000112. The van der Waals surface area contributed by atoms with Crippen LogP contribution < -0.4 is 0 Å². The first-order valence-corrected chi connectivity index (χ1v) is 38.1. The topological polar surface area (TPSA) is 125 Å². The van der Waals surface area contributed by atoms with Crippen molar-refractivity contribution in [2.75, 3.05) is 0 Å². The molecule has 0 aliphatic heterocycles. The van der Waals surface area contributed by atoms with Gasteiger partial charge in [0.15, 0.2) is 29.1 Å². The molecule has 16 heteroatoms. The van der Waals surface area contributed by atoms with Gasteiger partial charge in [-0.2, -0.15) is 0 Å². The van der Waals surface area contributed by atoms with Crippen molar-refractivity contribution in [1.82, 2.24) is 53.8 Å². The van der Waals surface area contributed by atoms with Gasteiger partial charge in [-0.05, 0) is 146 Å². The SMILES string of the molecule is Clc1ccc(-c2cc(-c3ccccc3)nc(-c3ccccc3)n2)cc1.Clc1ccc(-c2cn3ccccc3n2)cc1.Clc1ccc(-c2nc(-c3ccccc3)cc(-c3ccccc3)n2)cc1.Clc1ccc(-c2nc(-c3ccccc3)nc(-c3ccccc3)n2)cc1.Clc1ccc(-c2nc3ccccc3n2-c2ccccc2)cc1. The van der Waals surface area contributed by atoms with Gasteiger partial charge in [0, 0.05) is 104 Å². The average Bonchev–Trinajstić information content (AvgIpc) is 1.61. The van der Waals surface area contributed by atoms with Crippen LogP contribution in [0.25, 0.3) is 147 Å². The molecular formula is C97H66Cl5N11. The summed E-state index contributed by atoms with van der Waals surface area (Å²) >= 11 is 29.9. The fourth-order valence-corrected chi connectivity index (χ4v) is 12.9. The Hall–Kier alpha value is -13.4. The number of pyridine rings is 1. The highest BCUT2D eigenvalue weighted by atomic mass is 35.5. The summed E-state index contributed by atoms with van der Waals surface area (Å²) in [5.74, 6) is 4.26. The molecule has 13 aromatic carbocycles. The van der Waals surface area contributed by atoms with Crippen LogP contribution in [-0.2, 0) is 0 Å². The average molecular weight is 1560 g/mol. The lowest BCUT2D eigenvalue weighted by atomic mass is 10.1. The number of aromatic nitrogens is 11. The number of imidazole rings is 2. The Morgan fingerprint density at radius 2 is 0.478 bits per heavy atom. The molecule has 113 heavy (non-hydrogen) atoms.